The van der Waals surface area contributed by atoms with Crippen molar-refractivity contribution in [3.05, 3.63) is 53.6 Å². The van der Waals surface area contributed by atoms with Crippen molar-refractivity contribution in [3.63, 3.8) is 0 Å². The highest BCUT2D eigenvalue weighted by molar-refractivity contribution is 8.01. The summed E-state index contributed by atoms with van der Waals surface area (Å²) in [5.41, 5.74) is 2.25. The molecule has 4 rings (SSSR count). The van der Waals surface area contributed by atoms with Crippen LogP contribution in [0.15, 0.2) is 51.7 Å². The number of aryl methyl sites for hydroxylation is 2. The minimum atomic E-state index is -3.91. The van der Waals surface area contributed by atoms with Crippen LogP contribution in [0, 0.1) is 13.8 Å². The molecule has 1 unspecified atom stereocenters. The number of nitrogens with zero attached hydrogens (tertiary/aromatic N) is 3. The molecule has 0 bridgehead atoms. The Balaban J connectivity index is 1.61. The maximum atomic E-state index is 13.5. The average molecular weight is 505 g/mol. The number of ether oxygens (including phenoxy) is 1. The first kappa shape index (κ1) is 23.5. The standard InChI is InChI=1S/C22H24N4O4S3/c1-4-11-31-22-25-24-21(32-22)23-20(27)19-13-26(17-10-7-15(3)12-18(17)30-19)33(28,29)16-8-5-14(2)6-9-16/h5-10,12,19H,4,11,13H2,1-3H3,(H,23,24,27). The van der Waals surface area contributed by atoms with Crippen LogP contribution in [0.25, 0.3) is 0 Å². The molecule has 1 atom stereocenters. The largest absolute Gasteiger partial charge is 0.476 e. The van der Waals surface area contributed by atoms with Gasteiger partial charge in [0.1, 0.15) is 5.75 Å². The number of aromatic nitrogens is 2. The van der Waals surface area contributed by atoms with Crippen LogP contribution in [0.3, 0.4) is 0 Å². The van der Waals surface area contributed by atoms with Gasteiger partial charge in [0.25, 0.3) is 15.9 Å². The lowest BCUT2D eigenvalue weighted by molar-refractivity contribution is -0.122. The fourth-order valence-corrected chi connectivity index (χ4v) is 6.41. The van der Waals surface area contributed by atoms with E-state index in [4.69, 9.17) is 4.74 Å². The van der Waals surface area contributed by atoms with Gasteiger partial charge < -0.3 is 4.74 Å². The Morgan fingerprint density at radius 3 is 2.64 bits per heavy atom. The molecule has 1 N–H and O–H groups in total. The molecule has 1 aromatic heterocycles. The van der Waals surface area contributed by atoms with E-state index in [1.807, 2.05) is 19.9 Å². The summed E-state index contributed by atoms with van der Waals surface area (Å²) in [6.07, 6.45) is -0.0402. The molecular weight excluding hydrogens is 480 g/mol. The third-order valence-electron chi connectivity index (χ3n) is 4.95. The van der Waals surface area contributed by atoms with Crippen LogP contribution in [0.1, 0.15) is 24.5 Å². The van der Waals surface area contributed by atoms with Gasteiger partial charge in [-0.1, -0.05) is 53.8 Å². The molecule has 0 aliphatic carbocycles. The average Bonchev–Trinajstić information content (AvgIpc) is 3.24. The molecule has 0 spiro atoms. The number of benzene rings is 2. The minimum absolute atomic E-state index is 0.155. The number of carbonyl (C=O) groups is 1. The van der Waals surface area contributed by atoms with E-state index >= 15 is 0 Å². The van der Waals surface area contributed by atoms with Crippen molar-refractivity contribution < 1.29 is 17.9 Å². The van der Waals surface area contributed by atoms with E-state index in [0.717, 1.165) is 27.6 Å². The summed E-state index contributed by atoms with van der Waals surface area (Å²) in [5, 5.41) is 11.2. The number of anilines is 2. The summed E-state index contributed by atoms with van der Waals surface area (Å²) < 4.78 is 34.9. The Kier molecular flexibility index (Phi) is 6.91. The Labute approximate surface area is 201 Å². The summed E-state index contributed by atoms with van der Waals surface area (Å²) in [4.78, 5) is 13.2. The van der Waals surface area contributed by atoms with E-state index in [1.54, 1.807) is 48.2 Å². The molecule has 0 saturated carbocycles. The Morgan fingerprint density at radius 2 is 1.91 bits per heavy atom. The molecule has 174 valence electrons. The van der Waals surface area contributed by atoms with E-state index in [-0.39, 0.29) is 11.4 Å². The third kappa shape index (κ3) is 5.15. The molecule has 8 nitrogen and oxygen atoms in total. The van der Waals surface area contributed by atoms with Crippen molar-refractivity contribution in [2.75, 3.05) is 21.9 Å². The summed E-state index contributed by atoms with van der Waals surface area (Å²) in [7, 11) is -3.91. The quantitative estimate of drug-likeness (QED) is 0.379. The maximum Gasteiger partial charge on any atom is 0.269 e. The van der Waals surface area contributed by atoms with Gasteiger partial charge in [0.05, 0.1) is 17.1 Å². The van der Waals surface area contributed by atoms with Crippen molar-refractivity contribution in [2.45, 2.75) is 42.5 Å². The highest BCUT2D eigenvalue weighted by Gasteiger charge is 2.38. The van der Waals surface area contributed by atoms with Crippen LogP contribution in [0.2, 0.25) is 0 Å². The van der Waals surface area contributed by atoms with Gasteiger partial charge in [0, 0.05) is 5.75 Å². The number of nitrogens with one attached hydrogen (secondary N) is 1. The first-order valence-corrected chi connectivity index (χ1v) is 13.7. The lowest BCUT2D eigenvalue weighted by Crippen LogP contribution is -2.48. The van der Waals surface area contributed by atoms with Crippen molar-refractivity contribution in [1.29, 1.82) is 0 Å². The van der Waals surface area contributed by atoms with Crippen molar-refractivity contribution >= 4 is 49.8 Å². The fraction of sp³-hybridized carbons (Fsp3) is 0.318. The molecule has 3 aromatic rings. The third-order valence-corrected chi connectivity index (χ3v) is 8.92. The van der Waals surface area contributed by atoms with Crippen molar-refractivity contribution in [1.82, 2.24) is 10.2 Å². The number of fused-ring (bicyclic) bond motifs is 1. The summed E-state index contributed by atoms with van der Waals surface area (Å²) in [6, 6.07) is 11.9. The normalized spacial score (nSPS) is 15.6. The lowest BCUT2D eigenvalue weighted by Gasteiger charge is -2.34. The summed E-state index contributed by atoms with van der Waals surface area (Å²) in [5.74, 6) is 0.777. The molecule has 33 heavy (non-hydrogen) atoms. The summed E-state index contributed by atoms with van der Waals surface area (Å²) in [6.45, 7) is 5.69. The van der Waals surface area contributed by atoms with Gasteiger partial charge in [-0.2, -0.15) is 0 Å². The number of rotatable bonds is 7. The van der Waals surface area contributed by atoms with Gasteiger partial charge in [-0.15, -0.1) is 10.2 Å². The highest BCUT2D eigenvalue weighted by Crippen LogP contribution is 2.38. The first-order valence-electron chi connectivity index (χ1n) is 10.4. The molecular formula is C22H24N4O4S3. The van der Waals surface area contributed by atoms with E-state index < -0.39 is 22.0 Å². The van der Waals surface area contributed by atoms with E-state index in [9.17, 15) is 13.2 Å². The first-order chi connectivity index (χ1) is 15.8. The van der Waals surface area contributed by atoms with Crippen molar-refractivity contribution in [3.8, 4) is 5.75 Å². The predicted octanol–water partition coefficient (Wildman–Crippen LogP) is 4.25. The molecule has 1 aliphatic rings. The monoisotopic (exact) mass is 504 g/mol. The number of thioether (sulfide) groups is 1. The second kappa shape index (κ2) is 9.70. The van der Waals surface area contributed by atoms with Crippen molar-refractivity contribution in [2.24, 2.45) is 0 Å². The van der Waals surface area contributed by atoms with Crippen LogP contribution in [-0.4, -0.2) is 42.9 Å². The number of hydrogen-bond donors (Lipinski definition) is 1. The summed E-state index contributed by atoms with van der Waals surface area (Å²) >= 11 is 2.85. The molecule has 0 saturated heterocycles. The zero-order valence-electron chi connectivity index (χ0n) is 18.4. The van der Waals surface area contributed by atoms with Gasteiger partial charge in [0.2, 0.25) is 5.13 Å². The van der Waals surface area contributed by atoms with Gasteiger partial charge in [-0.05, 0) is 50.1 Å². The predicted molar refractivity (Wildman–Crippen MR) is 131 cm³/mol. The van der Waals surface area contributed by atoms with Crippen LogP contribution < -0.4 is 14.4 Å². The zero-order valence-corrected chi connectivity index (χ0v) is 20.9. The van der Waals surface area contributed by atoms with Crippen LogP contribution in [0.5, 0.6) is 5.75 Å². The number of amides is 1. The van der Waals surface area contributed by atoms with Crippen LogP contribution >= 0.6 is 23.1 Å². The molecule has 0 radical (unpaired) electrons. The molecule has 2 aromatic carbocycles. The lowest BCUT2D eigenvalue weighted by atomic mass is 10.1. The van der Waals surface area contributed by atoms with Gasteiger partial charge in [-0.25, -0.2) is 8.42 Å². The highest BCUT2D eigenvalue weighted by atomic mass is 32.2. The number of hydrogen-bond acceptors (Lipinski definition) is 8. The number of sulfonamides is 1. The van der Waals surface area contributed by atoms with Gasteiger partial charge in [-0.3, -0.25) is 14.4 Å². The van der Waals surface area contributed by atoms with Gasteiger partial charge >= 0.3 is 0 Å². The Hall–Kier alpha value is -2.63. The SMILES string of the molecule is CCCSc1nnc(NC(=O)C2CN(S(=O)(=O)c3ccc(C)cc3)c3ccc(C)cc3O2)s1. The van der Waals surface area contributed by atoms with Gasteiger partial charge in [0.15, 0.2) is 10.4 Å². The maximum absolute atomic E-state index is 13.5. The Bertz CT molecular complexity index is 1260. The molecule has 0 fully saturated rings. The van der Waals surface area contributed by atoms with E-state index in [0.29, 0.717) is 16.6 Å². The Morgan fingerprint density at radius 1 is 1.18 bits per heavy atom. The molecule has 11 heteroatoms. The minimum Gasteiger partial charge on any atom is -0.476 e. The fourth-order valence-electron chi connectivity index (χ4n) is 3.26. The second-order valence-corrected chi connectivity index (χ2v) is 11.8. The van der Waals surface area contributed by atoms with E-state index in [2.05, 4.69) is 22.4 Å². The zero-order chi connectivity index (χ0) is 23.6. The van der Waals surface area contributed by atoms with Crippen LogP contribution in [0.4, 0.5) is 10.8 Å². The molecule has 1 amide bonds. The number of carbonyl (C=O) groups excluding carboxylic acids is 1. The second-order valence-electron chi connectivity index (χ2n) is 7.64. The molecule has 2 heterocycles. The smallest absolute Gasteiger partial charge is 0.269 e. The van der Waals surface area contributed by atoms with Crippen LogP contribution in [-0.2, 0) is 14.8 Å². The topological polar surface area (TPSA) is 101 Å². The van der Waals surface area contributed by atoms with E-state index in [1.165, 1.54) is 15.6 Å². The molecule has 1 aliphatic heterocycles.